The summed E-state index contributed by atoms with van der Waals surface area (Å²) < 4.78 is 17.0. The summed E-state index contributed by atoms with van der Waals surface area (Å²) in [5.41, 5.74) is 0.195. The molecule has 1 saturated heterocycles. The van der Waals surface area contributed by atoms with Gasteiger partial charge in [0, 0.05) is 23.6 Å². The molecular formula is C20H22O6. The summed E-state index contributed by atoms with van der Waals surface area (Å²) in [5, 5.41) is 0. The maximum absolute atomic E-state index is 12.5. The van der Waals surface area contributed by atoms with Gasteiger partial charge in [-0.2, -0.15) is 0 Å². The van der Waals surface area contributed by atoms with Crippen LogP contribution < -0.4 is 0 Å². The molecule has 0 aliphatic carbocycles. The normalized spacial score (nSPS) is 33.9. The van der Waals surface area contributed by atoms with E-state index in [4.69, 9.17) is 14.2 Å². The molecule has 6 nitrogen and oxygen atoms in total. The van der Waals surface area contributed by atoms with Crippen molar-refractivity contribution in [3.63, 3.8) is 0 Å². The van der Waals surface area contributed by atoms with Crippen molar-refractivity contribution in [2.24, 2.45) is 5.92 Å². The summed E-state index contributed by atoms with van der Waals surface area (Å²) in [4.78, 5) is 36.9. The molecule has 0 spiro atoms. The second-order valence-corrected chi connectivity index (χ2v) is 7.10. The van der Waals surface area contributed by atoms with Crippen LogP contribution in [0.25, 0.3) is 0 Å². The van der Waals surface area contributed by atoms with Crippen LogP contribution in [0.15, 0.2) is 47.3 Å². The van der Waals surface area contributed by atoms with Gasteiger partial charge in [0.25, 0.3) is 0 Å². The number of fused-ring (bicyclic) bond motifs is 3. The number of ketones is 1. The van der Waals surface area contributed by atoms with Gasteiger partial charge in [-0.15, -0.1) is 0 Å². The lowest BCUT2D eigenvalue weighted by molar-refractivity contribution is -0.153. The zero-order chi connectivity index (χ0) is 19.2. The van der Waals surface area contributed by atoms with Crippen LogP contribution in [0.3, 0.4) is 0 Å². The minimum Gasteiger partial charge on any atom is -0.479 e. The third kappa shape index (κ3) is 2.89. The molecule has 3 aliphatic rings. The zero-order valence-corrected chi connectivity index (χ0v) is 15.3. The number of hydrogen-bond acceptors (Lipinski definition) is 6. The van der Waals surface area contributed by atoms with Crippen LogP contribution in [-0.4, -0.2) is 35.5 Å². The van der Waals surface area contributed by atoms with E-state index >= 15 is 0 Å². The second kappa shape index (κ2) is 6.27. The number of rotatable bonds is 2. The molecule has 4 atom stereocenters. The van der Waals surface area contributed by atoms with Gasteiger partial charge in [0.2, 0.25) is 5.78 Å². The molecule has 0 radical (unpaired) electrons. The van der Waals surface area contributed by atoms with Gasteiger partial charge < -0.3 is 14.2 Å². The second-order valence-electron chi connectivity index (χ2n) is 7.10. The van der Waals surface area contributed by atoms with Crippen molar-refractivity contribution in [3.8, 4) is 0 Å². The molecule has 0 aromatic carbocycles. The van der Waals surface area contributed by atoms with E-state index in [1.807, 2.05) is 0 Å². The lowest BCUT2D eigenvalue weighted by Crippen LogP contribution is -2.42. The fourth-order valence-electron chi connectivity index (χ4n) is 3.41. The summed E-state index contributed by atoms with van der Waals surface area (Å²) >= 11 is 0. The Labute approximate surface area is 152 Å². The van der Waals surface area contributed by atoms with E-state index in [-0.39, 0.29) is 17.8 Å². The van der Waals surface area contributed by atoms with E-state index in [1.54, 1.807) is 39.8 Å². The SMILES string of the molecule is C=C1C(=O)O[C@@H]2C=C(C)C3=CC(=O)[C@@](C)(C[C@H](OC(=O)C(C)=CC)[C@@H]12)O3. The van der Waals surface area contributed by atoms with E-state index in [9.17, 15) is 14.4 Å². The van der Waals surface area contributed by atoms with Gasteiger partial charge >= 0.3 is 11.9 Å². The molecule has 0 aromatic rings. The Morgan fingerprint density at radius 1 is 1.42 bits per heavy atom. The standard InChI is InChI=1S/C20H22O6/c1-6-10(2)18(22)25-15-9-20(5)16(21)8-13(26-20)11(3)7-14-17(15)12(4)19(23)24-14/h6-8,14-15,17H,4,9H2,1-3,5H3/t14-,15+,17+,20-/m1/s1. The van der Waals surface area contributed by atoms with Crippen LogP contribution in [-0.2, 0) is 28.6 Å². The van der Waals surface area contributed by atoms with Gasteiger partial charge in [-0.3, -0.25) is 4.79 Å². The molecule has 138 valence electrons. The Morgan fingerprint density at radius 2 is 2.12 bits per heavy atom. The highest BCUT2D eigenvalue weighted by Gasteiger charge is 2.51. The molecule has 2 bridgehead atoms. The third-order valence-corrected chi connectivity index (χ3v) is 5.19. The summed E-state index contributed by atoms with van der Waals surface area (Å²) in [6.45, 7) is 10.6. The molecule has 3 aliphatic heterocycles. The first-order valence-electron chi connectivity index (χ1n) is 8.54. The Kier molecular flexibility index (Phi) is 4.38. The Hall–Kier alpha value is -2.63. The molecule has 6 heteroatoms. The number of esters is 2. The van der Waals surface area contributed by atoms with Gasteiger partial charge in [-0.1, -0.05) is 12.7 Å². The third-order valence-electron chi connectivity index (χ3n) is 5.19. The molecule has 26 heavy (non-hydrogen) atoms. The first kappa shape index (κ1) is 18.2. The molecule has 3 rings (SSSR count). The maximum atomic E-state index is 12.5. The molecule has 0 amide bonds. The lowest BCUT2D eigenvalue weighted by atomic mass is 9.82. The zero-order valence-electron chi connectivity index (χ0n) is 15.3. The van der Waals surface area contributed by atoms with Crippen molar-refractivity contribution < 1.29 is 28.6 Å². The van der Waals surface area contributed by atoms with E-state index in [2.05, 4.69) is 6.58 Å². The van der Waals surface area contributed by atoms with Gasteiger partial charge in [0.05, 0.1) is 5.92 Å². The molecule has 3 heterocycles. The maximum Gasteiger partial charge on any atom is 0.334 e. The minimum atomic E-state index is -1.17. The topological polar surface area (TPSA) is 78.9 Å². The Bertz CT molecular complexity index is 799. The van der Waals surface area contributed by atoms with Crippen molar-refractivity contribution in [3.05, 3.63) is 47.3 Å². The highest BCUT2D eigenvalue weighted by atomic mass is 16.6. The largest absolute Gasteiger partial charge is 0.479 e. The van der Waals surface area contributed by atoms with Crippen molar-refractivity contribution in [1.82, 2.24) is 0 Å². The fourth-order valence-corrected chi connectivity index (χ4v) is 3.41. The Balaban J connectivity index is 2.05. The van der Waals surface area contributed by atoms with Crippen molar-refractivity contribution in [1.29, 1.82) is 0 Å². The van der Waals surface area contributed by atoms with Gasteiger partial charge in [-0.05, 0) is 39.3 Å². The van der Waals surface area contributed by atoms with E-state index in [0.717, 1.165) is 0 Å². The Morgan fingerprint density at radius 3 is 2.77 bits per heavy atom. The summed E-state index contributed by atoms with van der Waals surface area (Å²) in [5.74, 6) is -1.35. The predicted molar refractivity (Wildman–Crippen MR) is 92.8 cm³/mol. The molecule has 0 saturated carbocycles. The van der Waals surface area contributed by atoms with Crippen LogP contribution in [0.5, 0.6) is 0 Å². The molecule has 0 unspecified atom stereocenters. The number of carbonyl (C=O) groups is 3. The molecule has 0 N–H and O–H groups in total. The minimum absolute atomic E-state index is 0.104. The summed E-state index contributed by atoms with van der Waals surface area (Å²) in [6, 6.07) is 0. The molecule has 0 aromatic heterocycles. The van der Waals surface area contributed by atoms with Gasteiger partial charge in [0.15, 0.2) is 5.60 Å². The van der Waals surface area contributed by atoms with Crippen molar-refractivity contribution in [2.45, 2.75) is 51.9 Å². The first-order valence-corrected chi connectivity index (χ1v) is 8.54. The van der Waals surface area contributed by atoms with Crippen LogP contribution in [0.2, 0.25) is 0 Å². The number of allylic oxidation sites excluding steroid dienone is 2. The van der Waals surface area contributed by atoms with Crippen molar-refractivity contribution in [2.75, 3.05) is 0 Å². The summed E-state index contributed by atoms with van der Waals surface area (Å²) in [6.07, 6.45) is 3.50. The average Bonchev–Trinajstić information content (AvgIpc) is 3.03. The smallest absolute Gasteiger partial charge is 0.334 e. The number of carbonyl (C=O) groups excluding carboxylic acids is 3. The average molecular weight is 358 g/mol. The predicted octanol–water partition coefficient (Wildman–Crippen LogP) is 2.55. The highest BCUT2D eigenvalue weighted by molar-refractivity contribution is 6.00. The van der Waals surface area contributed by atoms with Gasteiger partial charge in [-0.25, -0.2) is 9.59 Å². The molecular weight excluding hydrogens is 336 g/mol. The van der Waals surface area contributed by atoms with Crippen molar-refractivity contribution >= 4 is 17.7 Å². The van der Waals surface area contributed by atoms with E-state index < -0.39 is 35.7 Å². The monoisotopic (exact) mass is 358 g/mol. The van der Waals surface area contributed by atoms with Crippen LogP contribution in [0.4, 0.5) is 0 Å². The lowest BCUT2D eigenvalue weighted by Gasteiger charge is -2.31. The first-order chi connectivity index (χ1) is 12.2. The van der Waals surface area contributed by atoms with Crippen LogP contribution >= 0.6 is 0 Å². The van der Waals surface area contributed by atoms with Crippen LogP contribution in [0, 0.1) is 5.92 Å². The number of ether oxygens (including phenoxy) is 3. The van der Waals surface area contributed by atoms with Crippen LogP contribution in [0.1, 0.15) is 34.1 Å². The fraction of sp³-hybridized carbons (Fsp3) is 0.450. The van der Waals surface area contributed by atoms with E-state index in [0.29, 0.717) is 16.9 Å². The highest BCUT2D eigenvalue weighted by Crippen LogP contribution is 2.42. The number of hydrogen-bond donors (Lipinski definition) is 0. The van der Waals surface area contributed by atoms with Gasteiger partial charge in [0.1, 0.15) is 18.0 Å². The quantitative estimate of drug-likeness (QED) is 0.558. The molecule has 1 fully saturated rings. The van der Waals surface area contributed by atoms with E-state index in [1.165, 1.54) is 6.08 Å². The summed E-state index contributed by atoms with van der Waals surface area (Å²) in [7, 11) is 0.